The van der Waals surface area contributed by atoms with Gasteiger partial charge in [0.05, 0.1) is 0 Å². The average molecular weight is 216 g/mol. The zero-order valence-electron chi connectivity index (χ0n) is 9.10. The van der Waals surface area contributed by atoms with E-state index in [0.29, 0.717) is 0 Å². The molecule has 0 radical (unpaired) electrons. The van der Waals surface area contributed by atoms with Crippen molar-refractivity contribution < 1.29 is 24.1 Å². The highest BCUT2D eigenvalue weighted by molar-refractivity contribution is 5.06. The van der Waals surface area contributed by atoms with Crippen LogP contribution in [-0.2, 0) is 18.9 Å². The van der Waals surface area contributed by atoms with Gasteiger partial charge in [-0.3, -0.25) is 0 Å². The molecule has 86 valence electrons. The number of aliphatic hydroxyl groups excluding tert-OH is 1. The lowest BCUT2D eigenvalue weighted by molar-refractivity contribution is -0.212. The highest BCUT2D eigenvalue weighted by Crippen LogP contribution is 2.38. The molecule has 0 aromatic heterocycles. The maximum atomic E-state index is 9.81. The monoisotopic (exact) mass is 216 g/mol. The molecule has 0 aliphatic carbocycles. The number of rotatable bonds is 1. The summed E-state index contributed by atoms with van der Waals surface area (Å²) in [4.78, 5) is 0. The Labute approximate surface area is 88.6 Å². The topological polar surface area (TPSA) is 57.2 Å². The summed E-state index contributed by atoms with van der Waals surface area (Å²) in [6.45, 7) is 7.18. The molecular weight excluding hydrogens is 200 g/mol. The van der Waals surface area contributed by atoms with Crippen molar-refractivity contribution in [2.24, 2.45) is 0 Å². The summed E-state index contributed by atoms with van der Waals surface area (Å²) < 4.78 is 21.6. The molecule has 5 heteroatoms. The van der Waals surface area contributed by atoms with Gasteiger partial charge in [-0.2, -0.15) is 0 Å². The average Bonchev–Trinajstić information content (AvgIpc) is 2.48. The minimum atomic E-state index is -0.872. The van der Waals surface area contributed by atoms with Gasteiger partial charge in [0.2, 0.25) is 6.29 Å². The first kappa shape index (κ1) is 10.9. The standard InChI is InChI=1S/C10H16O5/c1-5-6(11)7-8(9(12-4)13-5)15-10(2,3)14-7/h6-9,11H,1H2,2-4H3/t6-,7-,8-,9-/m0/s1. The third-order valence-corrected chi connectivity index (χ3v) is 2.57. The summed E-state index contributed by atoms with van der Waals surface area (Å²) in [5, 5.41) is 9.81. The lowest BCUT2D eigenvalue weighted by Gasteiger charge is -2.35. The molecule has 0 aromatic carbocycles. The molecule has 2 heterocycles. The lowest BCUT2D eigenvalue weighted by Crippen LogP contribution is -2.50. The van der Waals surface area contributed by atoms with Crippen molar-refractivity contribution in [1.82, 2.24) is 0 Å². The SMILES string of the molecule is C=C1O[C@H](OC)[C@H]2OC(C)(C)O[C@H]2[C@H]1O. The molecule has 2 rings (SSSR count). The van der Waals surface area contributed by atoms with Crippen LogP contribution in [0.25, 0.3) is 0 Å². The van der Waals surface area contributed by atoms with E-state index < -0.39 is 30.4 Å². The summed E-state index contributed by atoms with van der Waals surface area (Å²) >= 11 is 0. The molecular formula is C10H16O5. The quantitative estimate of drug-likeness (QED) is 0.687. The van der Waals surface area contributed by atoms with Gasteiger partial charge in [-0.25, -0.2) is 0 Å². The van der Waals surface area contributed by atoms with Gasteiger partial charge in [0.1, 0.15) is 18.0 Å². The van der Waals surface area contributed by atoms with E-state index in [-0.39, 0.29) is 5.76 Å². The molecule has 0 aromatic rings. The van der Waals surface area contributed by atoms with Crippen LogP contribution in [0.4, 0.5) is 0 Å². The third kappa shape index (κ3) is 1.76. The van der Waals surface area contributed by atoms with E-state index in [0.717, 1.165) is 0 Å². The maximum absolute atomic E-state index is 9.81. The highest BCUT2D eigenvalue weighted by Gasteiger charge is 2.53. The number of methoxy groups -OCH3 is 1. The van der Waals surface area contributed by atoms with Crippen LogP contribution in [-0.4, -0.2) is 42.6 Å². The number of ether oxygens (including phenoxy) is 4. The fourth-order valence-electron chi connectivity index (χ4n) is 1.92. The van der Waals surface area contributed by atoms with E-state index in [1.165, 1.54) is 7.11 Å². The Kier molecular flexibility index (Phi) is 2.50. The second-order valence-electron chi connectivity index (χ2n) is 4.20. The fourth-order valence-corrected chi connectivity index (χ4v) is 1.92. The van der Waals surface area contributed by atoms with Gasteiger partial charge in [-0.1, -0.05) is 6.58 Å². The summed E-state index contributed by atoms with van der Waals surface area (Å²) in [5.41, 5.74) is 0. The van der Waals surface area contributed by atoms with Crippen molar-refractivity contribution in [3.05, 3.63) is 12.3 Å². The summed E-state index contributed by atoms with van der Waals surface area (Å²) in [6, 6.07) is 0. The van der Waals surface area contributed by atoms with E-state index in [1.807, 2.05) is 0 Å². The second-order valence-corrected chi connectivity index (χ2v) is 4.20. The fraction of sp³-hybridized carbons (Fsp3) is 0.800. The Morgan fingerprint density at radius 3 is 2.53 bits per heavy atom. The Bertz CT molecular complexity index is 275. The molecule has 4 atom stereocenters. The Morgan fingerprint density at radius 1 is 1.33 bits per heavy atom. The van der Waals surface area contributed by atoms with Gasteiger partial charge in [0, 0.05) is 7.11 Å². The molecule has 0 bridgehead atoms. The van der Waals surface area contributed by atoms with Crippen LogP contribution in [0.2, 0.25) is 0 Å². The van der Waals surface area contributed by atoms with E-state index >= 15 is 0 Å². The van der Waals surface area contributed by atoms with Crippen LogP contribution in [0.15, 0.2) is 12.3 Å². The molecule has 2 saturated heterocycles. The van der Waals surface area contributed by atoms with Crippen LogP contribution < -0.4 is 0 Å². The zero-order chi connectivity index (χ0) is 11.2. The minimum Gasteiger partial charge on any atom is -0.464 e. The van der Waals surface area contributed by atoms with Crippen molar-refractivity contribution in [2.45, 2.75) is 44.2 Å². The molecule has 0 spiro atoms. The van der Waals surface area contributed by atoms with E-state index in [4.69, 9.17) is 18.9 Å². The van der Waals surface area contributed by atoms with E-state index in [1.54, 1.807) is 13.8 Å². The van der Waals surface area contributed by atoms with Gasteiger partial charge >= 0.3 is 0 Å². The summed E-state index contributed by atoms with van der Waals surface area (Å²) in [5.74, 6) is -0.481. The molecule has 2 fully saturated rings. The van der Waals surface area contributed by atoms with Crippen LogP contribution >= 0.6 is 0 Å². The van der Waals surface area contributed by atoms with Gasteiger partial charge in [-0.15, -0.1) is 0 Å². The lowest BCUT2D eigenvalue weighted by atomic mass is 10.0. The van der Waals surface area contributed by atoms with Crippen molar-refractivity contribution in [2.75, 3.05) is 7.11 Å². The maximum Gasteiger partial charge on any atom is 0.228 e. The number of fused-ring (bicyclic) bond motifs is 1. The molecule has 0 saturated carbocycles. The first-order valence-electron chi connectivity index (χ1n) is 4.86. The van der Waals surface area contributed by atoms with Gasteiger partial charge in [0.25, 0.3) is 0 Å². The third-order valence-electron chi connectivity index (χ3n) is 2.57. The molecule has 0 amide bonds. The van der Waals surface area contributed by atoms with E-state index in [2.05, 4.69) is 6.58 Å². The number of aliphatic hydroxyl groups is 1. The molecule has 2 aliphatic rings. The molecule has 5 nitrogen and oxygen atoms in total. The zero-order valence-corrected chi connectivity index (χ0v) is 9.10. The predicted octanol–water partition coefficient (Wildman–Crippen LogP) is 0.384. The molecule has 0 unspecified atom stereocenters. The minimum absolute atomic E-state index is 0.254. The molecule has 1 N–H and O–H groups in total. The molecule has 2 aliphatic heterocycles. The van der Waals surface area contributed by atoms with Crippen LogP contribution in [0.3, 0.4) is 0 Å². The normalized spacial score (nSPS) is 43.6. The number of hydrogen-bond acceptors (Lipinski definition) is 5. The Hall–Kier alpha value is -0.620. The predicted molar refractivity (Wildman–Crippen MR) is 50.9 cm³/mol. The Morgan fingerprint density at radius 2 is 1.93 bits per heavy atom. The van der Waals surface area contributed by atoms with E-state index in [9.17, 15) is 5.11 Å². The first-order valence-corrected chi connectivity index (χ1v) is 4.86. The summed E-state index contributed by atoms with van der Waals surface area (Å²) in [6.07, 6.45) is -2.35. The van der Waals surface area contributed by atoms with Gasteiger partial charge in [-0.05, 0) is 13.8 Å². The van der Waals surface area contributed by atoms with Crippen LogP contribution in [0.1, 0.15) is 13.8 Å². The van der Waals surface area contributed by atoms with Crippen molar-refractivity contribution in [3.8, 4) is 0 Å². The first-order chi connectivity index (χ1) is 6.94. The van der Waals surface area contributed by atoms with Gasteiger partial charge < -0.3 is 24.1 Å². The number of hydrogen-bond donors (Lipinski definition) is 1. The smallest absolute Gasteiger partial charge is 0.228 e. The molecule has 15 heavy (non-hydrogen) atoms. The second kappa shape index (κ2) is 3.45. The van der Waals surface area contributed by atoms with Crippen molar-refractivity contribution >= 4 is 0 Å². The largest absolute Gasteiger partial charge is 0.464 e. The van der Waals surface area contributed by atoms with Gasteiger partial charge in [0.15, 0.2) is 11.9 Å². The highest BCUT2D eigenvalue weighted by atomic mass is 16.8. The van der Waals surface area contributed by atoms with Crippen LogP contribution in [0.5, 0.6) is 0 Å². The Balaban J connectivity index is 2.22. The van der Waals surface area contributed by atoms with Crippen molar-refractivity contribution in [3.63, 3.8) is 0 Å². The summed E-state index contributed by atoms with van der Waals surface area (Å²) in [7, 11) is 1.52. The van der Waals surface area contributed by atoms with Crippen LogP contribution in [0, 0.1) is 0 Å². The van der Waals surface area contributed by atoms with Crippen molar-refractivity contribution in [1.29, 1.82) is 0 Å².